The van der Waals surface area contributed by atoms with Gasteiger partial charge in [-0.25, -0.2) is 9.37 Å². The maximum atomic E-state index is 12.7. The van der Waals surface area contributed by atoms with Gasteiger partial charge < -0.3 is 4.74 Å². The van der Waals surface area contributed by atoms with Gasteiger partial charge in [0.15, 0.2) is 0 Å². The van der Waals surface area contributed by atoms with Gasteiger partial charge in [-0.05, 0) is 13.0 Å². The number of rotatable bonds is 3. The second-order valence-corrected chi connectivity index (χ2v) is 2.94. The molecule has 0 unspecified atom stereocenters. The van der Waals surface area contributed by atoms with E-state index < -0.39 is 11.8 Å². The molecule has 1 heterocycles. The van der Waals surface area contributed by atoms with E-state index in [-0.39, 0.29) is 11.6 Å². The van der Waals surface area contributed by atoms with Gasteiger partial charge in [-0.15, -0.1) is 0 Å². The number of carbonyl (C=O) groups is 1. The molecule has 0 spiro atoms. The minimum absolute atomic E-state index is 0.0581. The Balaban J connectivity index is 2.75. The average Bonchev–Trinajstić information content (AvgIpc) is 2.12. The fourth-order valence-corrected chi connectivity index (χ4v) is 1.13. The van der Waals surface area contributed by atoms with Gasteiger partial charge in [0, 0.05) is 5.56 Å². The van der Waals surface area contributed by atoms with Crippen LogP contribution >= 0.6 is 11.6 Å². The van der Waals surface area contributed by atoms with Crippen LogP contribution in [0.15, 0.2) is 12.3 Å². The van der Waals surface area contributed by atoms with Crippen LogP contribution in [-0.4, -0.2) is 17.6 Å². The lowest BCUT2D eigenvalue weighted by molar-refractivity contribution is -0.142. The molecule has 1 aromatic heterocycles. The molecule has 0 aliphatic heterocycles. The lowest BCUT2D eigenvalue weighted by Crippen LogP contribution is -2.08. The molecule has 3 nitrogen and oxygen atoms in total. The minimum atomic E-state index is -0.520. The zero-order valence-corrected chi connectivity index (χ0v) is 8.34. The molecule has 0 aromatic carbocycles. The van der Waals surface area contributed by atoms with Gasteiger partial charge in [-0.1, -0.05) is 11.6 Å². The van der Waals surface area contributed by atoms with Crippen molar-refractivity contribution in [2.45, 2.75) is 13.3 Å². The van der Waals surface area contributed by atoms with Gasteiger partial charge in [-0.2, -0.15) is 0 Å². The third-order valence-corrected chi connectivity index (χ3v) is 1.86. The highest BCUT2D eigenvalue weighted by atomic mass is 35.5. The summed E-state index contributed by atoms with van der Waals surface area (Å²) in [5.74, 6) is -0.963. The van der Waals surface area contributed by atoms with Crippen LogP contribution in [-0.2, 0) is 16.0 Å². The first-order chi connectivity index (χ1) is 6.63. The third kappa shape index (κ3) is 2.96. The van der Waals surface area contributed by atoms with Crippen LogP contribution in [0.3, 0.4) is 0 Å². The first-order valence-electron chi connectivity index (χ1n) is 4.09. The molecule has 0 amide bonds. The van der Waals surface area contributed by atoms with Gasteiger partial charge in [0.2, 0.25) is 0 Å². The van der Waals surface area contributed by atoms with Crippen LogP contribution in [0.5, 0.6) is 0 Å². The van der Waals surface area contributed by atoms with E-state index in [0.717, 1.165) is 6.20 Å². The van der Waals surface area contributed by atoms with E-state index in [9.17, 15) is 9.18 Å². The van der Waals surface area contributed by atoms with Crippen molar-refractivity contribution in [1.29, 1.82) is 0 Å². The normalized spacial score (nSPS) is 9.93. The Morgan fingerprint density at radius 1 is 1.71 bits per heavy atom. The Kier molecular flexibility index (Phi) is 3.83. The van der Waals surface area contributed by atoms with Crippen LogP contribution in [0, 0.1) is 5.82 Å². The van der Waals surface area contributed by atoms with Gasteiger partial charge in [0.1, 0.15) is 11.0 Å². The minimum Gasteiger partial charge on any atom is -0.466 e. The summed E-state index contributed by atoms with van der Waals surface area (Å²) in [5.41, 5.74) is 0.338. The molecular formula is C9H9ClFNO2. The maximum absolute atomic E-state index is 12.7. The molecular weight excluding hydrogens is 209 g/mol. The van der Waals surface area contributed by atoms with Gasteiger partial charge in [0.05, 0.1) is 19.2 Å². The number of nitrogens with zero attached hydrogens (tertiary/aromatic N) is 1. The second kappa shape index (κ2) is 4.91. The summed E-state index contributed by atoms with van der Waals surface area (Å²) in [5, 5.41) is 0.124. The zero-order valence-electron chi connectivity index (χ0n) is 7.59. The molecule has 5 heteroatoms. The molecule has 0 atom stereocenters. The van der Waals surface area contributed by atoms with E-state index in [0.29, 0.717) is 12.2 Å². The summed E-state index contributed by atoms with van der Waals surface area (Å²) >= 11 is 5.65. The van der Waals surface area contributed by atoms with Crippen molar-refractivity contribution in [2.75, 3.05) is 6.61 Å². The third-order valence-electron chi connectivity index (χ3n) is 1.52. The molecule has 76 valence electrons. The molecule has 0 radical (unpaired) electrons. The van der Waals surface area contributed by atoms with E-state index in [2.05, 4.69) is 4.98 Å². The fourth-order valence-electron chi connectivity index (χ4n) is 0.956. The van der Waals surface area contributed by atoms with Crippen molar-refractivity contribution in [3.05, 3.63) is 28.8 Å². The van der Waals surface area contributed by atoms with Crippen LogP contribution < -0.4 is 0 Å². The summed E-state index contributed by atoms with van der Waals surface area (Å²) in [6.45, 7) is 1.99. The van der Waals surface area contributed by atoms with Gasteiger partial charge >= 0.3 is 5.97 Å². The summed E-state index contributed by atoms with van der Waals surface area (Å²) in [7, 11) is 0. The standard InChI is InChI=1S/C9H9ClFNO2/c1-2-14-8(13)4-6-3-7(11)5-12-9(6)10/h3,5H,2,4H2,1H3. The molecule has 0 N–H and O–H groups in total. The number of halogens is 2. The van der Waals surface area contributed by atoms with E-state index >= 15 is 0 Å². The van der Waals surface area contributed by atoms with Crippen molar-refractivity contribution in [2.24, 2.45) is 0 Å². The highest BCUT2D eigenvalue weighted by molar-refractivity contribution is 6.30. The first-order valence-corrected chi connectivity index (χ1v) is 4.46. The van der Waals surface area contributed by atoms with E-state index in [1.165, 1.54) is 6.07 Å². The van der Waals surface area contributed by atoms with Crippen molar-refractivity contribution in [3.63, 3.8) is 0 Å². The lowest BCUT2D eigenvalue weighted by Gasteiger charge is -2.03. The number of esters is 1. The molecule has 0 bridgehead atoms. The largest absolute Gasteiger partial charge is 0.466 e. The van der Waals surface area contributed by atoms with E-state index in [1.807, 2.05) is 0 Å². The smallest absolute Gasteiger partial charge is 0.310 e. The summed E-state index contributed by atoms with van der Waals surface area (Å²) in [6, 6.07) is 1.17. The molecule has 14 heavy (non-hydrogen) atoms. The molecule has 0 saturated carbocycles. The number of pyridine rings is 1. The number of aromatic nitrogens is 1. The van der Waals surface area contributed by atoms with E-state index in [4.69, 9.17) is 16.3 Å². The summed E-state index contributed by atoms with van der Waals surface area (Å²) in [6.07, 6.45) is 0.939. The van der Waals surface area contributed by atoms with Gasteiger partial charge in [-0.3, -0.25) is 4.79 Å². The van der Waals surface area contributed by atoms with E-state index in [1.54, 1.807) is 6.92 Å². The maximum Gasteiger partial charge on any atom is 0.310 e. The van der Waals surface area contributed by atoms with Gasteiger partial charge in [0.25, 0.3) is 0 Å². The molecule has 0 aliphatic carbocycles. The number of ether oxygens (including phenoxy) is 1. The van der Waals surface area contributed by atoms with Crippen LogP contribution in [0.2, 0.25) is 5.15 Å². The number of hydrogen-bond acceptors (Lipinski definition) is 3. The zero-order chi connectivity index (χ0) is 10.6. The van der Waals surface area contributed by atoms with Crippen LogP contribution in [0.1, 0.15) is 12.5 Å². The lowest BCUT2D eigenvalue weighted by atomic mass is 10.2. The Bertz CT molecular complexity index is 344. The topological polar surface area (TPSA) is 39.2 Å². The average molecular weight is 218 g/mol. The van der Waals surface area contributed by atoms with Crippen molar-refractivity contribution in [3.8, 4) is 0 Å². The van der Waals surface area contributed by atoms with Crippen LogP contribution in [0.25, 0.3) is 0 Å². The first kappa shape index (κ1) is 10.9. The van der Waals surface area contributed by atoms with Crippen molar-refractivity contribution in [1.82, 2.24) is 4.98 Å². The molecule has 0 aliphatic rings. The molecule has 0 fully saturated rings. The monoisotopic (exact) mass is 217 g/mol. The SMILES string of the molecule is CCOC(=O)Cc1cc(F)cnc1Cl. The second-order valence-electron chi connectivity index (χ2n) is 2.59. The molecule has 0 saturated heterocycles. The molecule has 1 aromatic rings. The highest BCUT2D eigenvalue weighted by Crippen LogP contribution is 2.14. The Morgan fingerprint density at radius 2 is 2.43 bits per heavy atom. The number of carbonyl (C=O) groups excluding carboxylic acids is 1. The van der Waals surface area contributed by atoms with Crippen molar-refractivity contribution >= 4 is 17.6 Å². The van der Waals surface area contributed by atoms with Crippen LogP contribution in [0.4, 0.5) is 4.39 Å². The Hall–Kier alpha value is -1.16. The predicted octanol–water partition coefficient (Wildman–Crippen LogP) is 1.98. The Labute approximate surface area is 85.9 Å². The molecule has 1 rings (SSSR count). The highest BCUT2D eigenvalue weighted by Gasteiger charge is 2.09. The van der Waals surface area contributed by atoms with Crippen molar-refractivity contribution < 1.29 is 13.9 Å². The fraction of sp³-hybridized carbons (Fsp3) is 0.333. The Morgan fingerprint density at radius 3 is 3.07 bits per heavy atom. The predicted molar refractivity (Wildman–Crippen MR) is 49.5 cm³/mol. The number of hydrogen-bond donors (Lipinski definition) is 0. The quantitative estimate of drug-likeness (QED) is 0.574. The summed E-state index contributed by atoms with van der Waals surface area (Å²) < 4.78 is 17.4. The summed E-state index contributed by atoms with van der Waals surface area (Å²) in [4.78, 5) is 14.6.